The second-order valence-electron chi connectivity index (χ2n) is 5.21. The second kappa shape index (κ2) is 5.37. The van der Waals surface area contributed by atoms with Gasteiger partial charge in [-0.3, -0.25) is 4.79 Å². The SMILES string of the molecule is Cc1ccc(C(=O)N(Cc2cccs2)C2CC2)cc1F. The van der Waals surface area contributed by atoms with Crippen LogP contribution >= 0.6 is 11.3 Å². The minimum atomic E-state index is -0.317. The van der Waals surface area contributed by atoms with E-state index in [1.54, 1.807) is 30.4 Å². The van der Waals surface area contributed by atoms with Gasteiger partial charge in [0.05, 0.1) is 6.54 Å². The van der Waals surface area contributed by atoms with Gasteiger partial charge in [-0.05, 0) is 48.9 Å². The van der Waals surface area contributed by atoms with E-state index in [0.29, 0.717) is 23.7 Å². The zero-order valence-electron chi connectivity index (χ0n) is 11.3. The Hall–Kier alpha value is -1.68. The average Bonchev–Trinajstić information content (AvgIpc) is 3.15. The maximum atomic E-state index is 13.6. The number of rotatable bonds is 4. The summed E-state index contributed by atoms with van der Waals surface area (Å²) < 4.78 is 13.6. The van der Waals surface area contributed by atoms with E-state index < -0.39 is 0 Å². The number of benzene rings is 1. The minimum absolute atomic E-state index is 0.0696. The molecule has 1 aromatic carbocycles. The van der Waals surface area contributed by atoms with Crippen molar-refractivity contribution in [3.8, 4) is 0 Å². The molecule has 0 saturated heterocycles. The van der Waals surface area contributed by atoms with Crippen LogP contribution in [0.1, 0.15) is 33.6 Å². The fourth-order valence-corrected chi connectivity index (χ4v) is 2.92. The molecule has 0 spiro atoms. The summed E-state index contributed by atoms with van der Waals surface area (Å²) in [7, 11) is 0. The first-order valence-electron chi connectivity index (χ1n) is 6.74. The van der Waals surface area contributed by atoms with Gasteiger partial charge < -0.3 is 4.90 Å². The normalized spacial score (nSPS) is 14.3. The van der Waals surface area contributed by atoms with Gasteiger partial charge in [-0.15, -0.1) is 11.3 Å². The maximum Gasteiger partial charge on any atom is 0.254 e. The van der Waals surface area contributed by atoms with E-state index in [1.807, 2.05) is 22.4 Å². The van der Waals surface area contributed by atoms with Crippen molar-refractivity contribution in [3.05, 3.63) is 57.5 Å². The van der Waals surface area contributed by atoms with Crippen LogP contribution in [0.3, 0.4) is 0 Å². The van der Waals surface area contributed by atoms with Crippen LogP contribution in [0.15, 0.2) is 35.7 Å². The van der Waals surface area contributed by atoms with Crippen molar-refractivity contribution >= 4 is 17.2 Å². The molecule has 2 nitrogen and oxygen atoms in total. The van der Waals surface area contributed by atoms with Gasteiger partial charge in [0.15, 0.2) is 0 Å². The average molecular weight is 289 g/mol. The van der Waals surface area contributed by atoms with Crippen LogP contribution in [0.4, 0.5) is 4.39 Å². The van der Waals surface area contributed by atoms with Crippen molar-refractivity contribution in [2.45, 2.75) is 32.4 Å². The van der Waals surface area contributed by atoms with Gasteiger partial charge in [0, 0.05) is 16.5 Å². The van der Waals surface area contributed by atoms with E-state index in [-0.39, 0.29) is 11.7 Å². The number of halogens is 1. The van der Waals surface area contributed by atoms with Gasteiger partial charge in [0.1, 0.15) is 5.82 Å². The predicted octanol–water partition coefficient (Wildman–Crippen LogP) is 4.00. The topological polar surface area (TPSA) is 20.3 Å². The molecule has 1 fully saturated rings. The van der Waals surface area contributed by atoms with Crippen molar-refractivity contribution in [2.75, 3.05) is 0 Å². The first-order chi connectivity index (χ1) is 9.65. The van der Waals surface area contributed by atoms with Crippen LogP contribution in [0.2, 0.25) is 0 Å². The Bertz CT molecular complexity index is 619. The summed E-state index contributed by atoms with van der Waals surface area (Å²) in [5, 5.41) is 2.01. The summed E-state index contributed by atoms with van der Waals surface area (Å²) >= 11 is 1.65. The van der Waals surface area contributed by atoms with E-state index in [9.17, 15) is 9.18 Å². The zero-order chi connectivity index (χ0) is 14.1. The molecule has 4 heteroatoms. The van der Waals surface area contributed by atoms with E-state index in [4.69, 9.17) is 0 Å². The van der Waals surface area contributed by atoms with E-state index in [0.717, 1.165) is 17.7 Å². The Morgan fingerprint density at radius 2 is 2.20 bits per heavy atom. The lowest BCUT2D eigenvalue weighted by atomic mass is 10.1. The lowest BCUT2D eigenvalue weighted by Gasteiger charge is -2.22. The van der Waals surface area contributed by atoms with Crippen LogP contribution in [-0.2, 0) is 6.54 Å². The summed E-state index contributed by atoms with van der Waals surface area (Å²) in [6.45, 7) is 2.32. The van der Waals surface area contributed by atoms with Gasteiger partial charge in [-0.2, -0.15) is 0 Å². The largest absolute Gasteiger partial charge is 0.331 e. The highest BCUT2D eigenvalue weighted by atomic mass is 32.1. The number of carbonyl (C=O) groups excluding carboxylic acids is 1. The van der Waals surface area contributed by atoms with E-state index in [1.165, 1.54) is 6.07 Å². The third kappa shape index (κ3) is 2.75. The smallest absolute Gasteiger partial charge is 0.254 e. The highest BCUT2D eigenvalue weighted by Crippen LogP contribution is 2.30. The number of carbonyl (C=O) groups is 1. The Balaban J connectivity index is 1.83. The van der Waals surface area contributed by atoms with Crippen LogP contribution in [-0.4, -0.2) is 16.8 Å². The number of hydrogen-bond donors (Lipinski definition) is 0. The van der Waals surface area contributed by atoms with Gasteiger partial charge in [-0.25, -0.2) is 4.39 Å². The van der Waals surface area contributed by atoms with Crippen molar-refractivity contribution in [1.82, 2.24) is 4.90 Å². The van der Waals surface area contributed by atoms with Gasteiger partial charge in [0.25, 0.3) is 5.91 Å². The molecule has 1 aliphatic carbocycles. The quantitative estimate of drug-likeness (QED) is 0.833. The summed E-state index contributed by atoms with van der Waals surface area (Å²) in [5.74, 6) is -0.387. The van der Waals surface area contributed by atoms with Crippen LogP contribution in [0, 0.1) is 12.7 Å². The van der Waals surface area contributed by atoms with E-state index in [2.05, 4.69) is 0 Å². The number of hydrogen-bond acceptors (Lipinski definition) is 2. The predicted molar refractivity (Wildman–Crippen MR) is 78.4 cm³/mol. The second-order valence-corrected chi connectivity index (χ2v) is 6.24. The molecule has 104 valence electrons. The standard InChI is InChI=1S/C16H16FNOS/c1-11-4-5-12(9-15(11)17)16(19)18(13-6-7-13)10-14-3-2-8-20-14/h2-5,8-9,13H,6-7,10H2,1H3. The molecule has 2 aromatic rings. The van der Waals surface area contributed by atoms with Crippen LogP contribution in [0.25, 0.3) is 0 Å². The van der Waals surface area contributed by atoms with Crippen molar-refractivity contribution < 1.29 is 9.18 Å². The molecule has 1 aromatic heterocycles. The van der Waals surface area contributed by atoms with Crippen molar-refractivity contribution in [3.63, 3.8) is 0 Å². The molecule has 1 heterocycles. The Labute approximate surface area is 121 Å². The number of aryl methyl sites for hydroxylation is 1. The summed E-state index contributed by atoms with van der Waals surface area (Å²) in [5.41, 5.74) is 1.01. The molecule has 3 rings (SSSR count). The molecule has 20 heavy (non-hydrogen) atoms. The van der Waals surface area contributed by atoms with Crippen molar-refractivity contribution in [1.29, 1.82) is 0 Å². The number of amides is 1. The highest BCUT2D eigenvalue weighted by Gasteiger charge is 2.33. The molecular weight excluding hydrogens is 273 g/mol. The summed E-state index contributed by atoms with van der Waals surface area (Å²) in [6, 6.07) is 9.06. The van der Waals surface area contributed by atoms with Gasteiger partial charge in [0.2, 0.25) is 0 Å². The van der Waals surface area contributed by atoms with Crippen molar-refractivity contribution in [2.24, 2.45) is 0 Å². The lowest BCUT2D eigenvalue weighted by molar-refractivity contribution is 0.0731. The highest BCUT2D eigenvalue weighted by molar-refractivity contribution is 7.09. The fourth-order valence-electron chi connectivity index (χ4n) is 2.22. The first kappa shape index (κ1) is 13.3. The van der Waals surface area contributed by atoms with Crippen LogP contribution < -0.4 is 0 Å². The summed E-state index contributed by atoms with van der Waals surface area (Å²) in [6.07, 6.45) is 2.09. The maximum absolute atomic E-state index is 13.6. The Morgan fingerprint density at radius 3 is 2.80 bits per heavy atom. The number of nitrogens with zero attached hydrogens (tertiary/aromatic N) is 1. The Kier molecular flexibility index (Phi) is 3.57. The molecule has 0 N–H and O–H groups in total. The minimum Gasteiger partial charge on any atom is -0.331 e. The fraction of sp³-hybridized carbons (Fsp3) is 0.312. The van der Waals surface area contributed by atoms with Gasteiger partial charge in [-0.1, -0.05) is 12.1 Å². The molecular formula is C16H16FNOS. The molecule has 0 radical (unpaired) electrons. The first-order valence-corrected chi connectivity index (χ1v) is 7.62. The molecule has 0 atom stereocenters. The van der Waals surface area contributed by atoms with E-state index >= 15 is 0 Å². The Morgan fingerprint density at radius 1 is 1.40 bits per heavy atom. The monoisotopic (exact) mass is 289 g/mol. The number of thiophene rings is 1. The third-order valence-corrected chi connectivity index (χ3v) is 4.43. The third-order valence-electron chi connectivity index (χ3n) is 3.57. The zero-order valence-corrected chi connectivity index (χ0v) is 12.1. The molecule has 0 aliphatic heterocycles. The molecule has 0 bridgehead atoms. The molecule has 1 aliphatic rings. The summed E-state index contributed by atoms with van der Waals surface area (Å²) in [4.78, 5) is 15.6. The lowest BCUT2D eigenvalue weighted by Crippen LogP contribution is -2.32. The van der Waals surface area contributed by atoms with Gasteiger partial charge >= 0.3 is 0 Å². The molecule has 0 unspecified atom stereocenters. The van der Waals surface area contributed by atoms with Crippen LogP contribution in [0.5, 0.6) is 0 Å². The molecule has 1 amide bonds. The molecule has 1 saturated carbocycles.